The van der Waals surface area contributed by atoms with E-state index in [-0.39, 0.29) is 23.4 Å². The van der Waals surface area contributed by atoms with Crippen molar-refractivity contribution < 1.29 is 22.8 Å². The molecule has 0 spiro atoms. The summed E-state index contributed by atoms with van der Waals surface area (Å²) in [7, 11) is 0. The van der Waals surface area contributed by atoms with E-state index in [0.717, 1.165) is 17.0 Å². The van der Waals surface area contributed by atoms with Crippen LogP contribution in [0.4, 0.5) is 18.9 Å². The molecule has 1 amide bonds. The molecule has 1 heterocycles. The summed E-state index contributed by atoms with van der Waals surface area (Å²) in [6.07, 6.45) is -4.43. The summed E-state index contributed by atoms with van der Waals surface area (Å²) in [4.78, 5) is 27.1. The molecule has 1 aliphatic heterocycles. The van der Waals surface area contributed by atoms with Gasteiger partial charge in [0, 0.05) is 17.3 Å². The highest BCUT2D eigenvalue weighted by Gasteiger charge is 2.45. The predicted octanol–water partition coefficient (Wildman–Crippen LogP) is 5.10. The molecule has 2 unspecified atom stereocenters. The molecule has 0 saturated carbocycles. The van der Waals surface area contributed by atoms with E-state index in [9.17, 15) is 28.0 Å². The fraction of sp³-hybridized carbons (Fsp3) is 0.250. The predicted molar refractivity (Wildman–Crippen MR) is 110 cm³/mol. The van der Waals surface area contributed by atoms with E-state index in [1.807, 2.05) is 6.07 Å². The molecule has 8 heteroatoms. The zero-order valence-corrected chi connectivity index (χ0v) is 17.3. The number of carbonyl (C=O) groups excluding carboxylic acids is 2. The average molecular weight is 437 g/mol. The van der Waals surface area contributed by atoms with Crippen molar-refractivity contribution >= 4 is 17.4 Å². The maximum atomic E-state index is 13.5. The van der Waals surface area contributed by atoms with Crippen LogP contribution in [0.3, 0.4) is 0 Å². The summed E-state index contributed by atoms with van der Waals surface area (Å²) < 4.78 is 39.8. The Morgan fingerprint density at radius 2 is 1.75 bits per heavy atom. The van der Waals surface area contributed by atoms with Crippen molar-refractivity contribution in [3.05, 3.63) is 76.5 Å². The number of amides is 1. The number of hydrogen-bond acceptors (Lipinski definition) is 4. The van der Waals surface area contributed by atoms with E-state index in [1.165, 1.54) is 31.2 Å². The molecule has 5 nitrogen and oxygen atoms in total. The fourth-order valence-electron chi connectivity index (χ4n) is 4.00. The summed E-state index contributed by atoms with van der Waals surface area (Å²) >= 11 is 0. The largest absolute Gasteiger partial charge is 0.416 e. The summed E-state index contributed by atoms with van der Waals surface area (Å²) in [5.41, 5.74) is 0.255. The second-order valence-electron chi connectivity index (χ2n) is 7.35. The van der Waals surface area contributed by atoms with Gasteiger partial charge in [0.25, 0.3) is 0 Å². The van der Waals surface area contributed by atoms with E-state index in [4.69, 9.17) is 5.26 Å². The molecule has 0 radical (unpaired) electrons. The van der Waals surface area contributed by atoms with Crippen LogP contribution in [0.5, 0.6) is 0 Å². The Balaban J connectivity index is 2.26. The van der Waals surface area contributed by atoms with Crippen LogP contribution in [-0.4, -0.2) is 11.7 Å². The molecule has 3 rings (SSSR count). The number of nitrogens with zero attached hydrogens (tertiary/aromatic N) is 3. The van der Waals surface area contributed by atoms with Gasteiger partial charge in [0.05, 0.1) is 28.8 Å². The number of nitriles is 2. The third-order valence-electron chi connectivity index (χ3n) is 5.44. The molecule has 32 heavy (non-hydrogen) atoms. The van der Waals surface area contributed by atoms with Gasteiger partial charge >= 0.3 is 6.18 Å². The number of benzene rings is 2. The first-order chi connectivity index (χ1) is 15.1. The maximum absolute atomic E-state index is 13.5. The van der Waals surface area contributed by atoms with Crippen molar-refractivity contribution in [1.29, 1.82) is 10.5 Å². The second-order valence-corrected chi connectivity index (χ2v) is 7.35. The SMILES string of the molecule is CCC1=C(C#N)C(c2ccc(C#N)cc2)C(C(C)=O)C(=O)N1c1cccc(C(F)(F)F)c1. The van der Waals surface area contributed by atoms with E-state index in [2.05, 4.69) is 6.07 Å². The normalized spacial score (nSPS) is 18.8. The van der Waals surface area contributed by atoms with Crippen LogP contribution >= 0.6 is 0 Å². The minimum atomic E-state index is -4.62. The van der Waals surface area contributed by atoms with Crippen LogP contribution in [0.2, 0.25) is 0 Å². The molecule has 0 bridgehead atoms. The van der Waals surface area contributed by atoms with Crippen LogP contribution in [0, 0.1) is 28.6 Å². The summed E-state index contributed by atoms with van der Waals surface area (Å²) in [5.74, 6) is -3.39. The number of ketones is 1. The average Bonchev–Trinajstić information content (AvgIpc) is 2.77. The number of Topliss-reactive ketones (excluding diaryl/α,β-unsaturated/α-hetero) is 1. The van der Waals surface area contributed by atoms with Crippen LogP contribution in [0.15, 0.2) is 59.8 Å². The first-order valence-electron chi connectivity index (χ1n) is 9.78. The topological polar surface area (TPSA) is 85.0 Å². The first kappa shape index (κ1) is 22.8. The number of hydrogen-bond donors (Lipinski definition) is 0. The first-order valence-corrected chi connectivity index (χ1v) is 9.78. The summed E-state index contributed by atoms with van der Waals surface area (Å²) in [5, 5.41) is 19.0. The van der Waals surface area contributed by atoms with Crippen molar-refractivity contribution in [3.8, 4) is 12.1 Å². The van der Waals surface area contributed by atoms with Crippen molar-refractivity contribution in [2.45, 2.75) is 32.4 Å². The summed E-state index contributed by atoms with van der Waals surface area (Å²) in [6.45, 7) is 2.90. The third kappa shape index (κ3) is 4.00. The standard InChI is InChI=1S/C24H18F3N3O2/c1-3-20-19(13-29)22(16-9-7-15(12-28)8-10-16)21(14(2)31)23(32)30(20)18-6-4-5-17(11-18)24(25,26)27/h4-11,21-22H,3H2,1-2H3. The molecular formula is C24H18F3N3O2. The molecular weight excluding hydrogens is 419 g/mol. The molecule has 2 atom stereocenters. The lowest BCUT2D eigenvalue weighted by molar-refractivity contribution is -0.138. The lowest BCUT2D eigenvalue weighted by Gasteiger charge is -2.38. The van der Waals surface area contributed by atoms with Crippen LogP contribution in [0.25, 0.3) is 0 Å². The maximum Gasteiger partial charge on any atom is 0.416 e. The minimum Gasteiger partial charge on any atom is -0.299 e. The second kappa shape index (κ2) is 8.68. The highest BCUT2D eigenvalue weighted by Crippen LogP contribution is 2.44. The zero-order chi connectivity index (χ0) is 23.6. The van der Waals surface area contributed by atoms with Gasteiger partial charge in [-0.2, -0.15) is 23.7 Å². The number of anilines is 1. The Morgan fingerprint density at radius 3 is 2.25 bits per heavy atom. The number of alkyl halides is 3. The lowest BCUT2D eigenvalue weighted by atomic mass is 9.74. The minimum absolute atomic E-state index is 0.0565. The van der Waals surface area contributed by atoms with Gasteiger partial charge in [-0.25, -0.2) is 0 Å². The Morgan fingerprint density at radius 1 is 1.09 bits per heavy atom. The van der Waals surface area contributed by atoms with Crippen molar-refractivity contribution in [2.24, 2.45) is 5.92 Å². The van der Waals surface area contributed by atoms with Gasteiger partial charge in [-0.15, -0.1) is 0 Å². The highest BCUT2D eigenvalue weighted by atomic mass is 19.4. The number of allylic oxidation sites excluding steroid dienone is 2. The van der Waals surface area contributed by atoms with Gasteiger partial charge in [0.15, 0.2) is 0 Å². The molecule has 1 aliphatic rings. The Bertz CT molecular complexity index is 1180. The fourth-order valence-corrected chi connectivity index (χ4v) is 4.00. The molecule has 0 N–H and O–H groups in total. The van der Waals surface area contributed by atoms with Gasteiger partial charge < -0.3 is 0 Å². The van der Waals surface area contributed by atoms with E-state index in [0.29, 0.717) is 11.1 Å². The van der Waals surface area contributed by atoms with Crippen LogP contribution in [0.1, 0.15) is 42.9 Å². The van der Waals surface area contributed by atoms with Crippen molar-refractivity contribution in [1.82, 2.24) is 0 Å². The monoisotopic (exact) mass is 437 g/mol. The van der Waals surface area contributed by atoms with Gasteiger partial charge in [-0.05, 0) is 49.2 Å². The number of carbonyl (C=O) groups is 2. The van der Waals surface area contributed by atoms with Gasteiger partial charge in [0.1, 0.15) is 11.7 Å². The third-order valence-corrected chi connectivity index (χ3v) is 5.44. The molecule has 0 saturated heterocycles. The number of halogens is 3. The Hall–Kier alpha value is -3.91. The van der Waals surface area contributed by atoms with Crippen LogP contribution < -0.4 is 4.90 Å². The van der Waals surface area contributed by atoms with E-state index >= 15 is 0 Å². The van der Waals surface area contributed by atoms with E-state index < -0.39 is 35.3 Å². The van der Waals surface area contributed by atoms with E-state index in [1.54, 1.807) is 19.1 Å². The zero-order valence-electron chi connectivity index (χ0n) is 17.3. The molecule has 2 aromatic rings. The van der Waals surface area contributed by atoms with Crippen molar-refractivity contribution in [2.75, 3.05) is 4.90 Å². The molecule has 0 fully saturated rings. The Labute approximate surface area is 183 Å². The van der Waals surface area contributed by atoms with Gasteiger partial charge in [0.2, 0.25) is 5.91 Å². The molecule has 0 aromatic heterocycles. The summed E-state index contributed by atoms with van der Waals surface area (Å²) in [6, 6.07) is 14.5. The Kier molecular flexibility index (Phi) is 6.18. The van der Waals surface area contributed by atoms with Crippen LogP contribution in [-0.2, 0) is 15.8 Å². The smallest absolute Gasteiger partial charge is 0.299 e. The molecule has 0 aliphatic carbocycles. The van der Waals surface area contributed by atoms with Gasteiger partial charge in [-0.3, -0.25) is 14.5 Å². The molecule has 2 aromatic carbocycles. The quantitative estimate of drug-likeness (QED) is 0.623. The van der Waals surface area contributed by atoms with Crippen molar-refractivity contribution in [3.63, 3.8) is 0 Å². The molecule has 162 valence electrons. The number of rotatable bonds is 4. The lowest BCUT2D eigenvalue weighted by Crippen LogP contribution is -2.46. The highest BCUT2D eigenvalue weighted by molar-refractivity contribution is 6.12. The van der Waals surface area contributed by atoms with Gasteiger partial charge in [-0.1, -0.05) is 25.1 Å².